The summed E-state index contributed by atoms with van der Waals surface area (Å²) >= 11 is 0. The van der Waals surface area contributed by atoms with Gasteiger partial charge in [-0.3, -0.25) is 0 Å². The van der Waals surface area contributed by atoms with E-state index in [4.69, 9.17) is 20.9 Å². The first-order chi connectivity index (χ1) is 16.1. The van der Waals surface area contributed by atoms with Gasteiger partial charge in [0.05, 0.1) is 10.9 Å². The van der Waals surface area contributed by atoms with E-state index in [1.807, 2.05) is 0 Å². The van der Waals surface area contributed by atoms with Crippen molar-refractivity contribution in [2.45, 2.75) is 30.2 Å². The summed E-state index contributed by atoms with van der Waals surface area (Å²) < 4.78 is 54.2. The Morgan fingerprint density at radius 2 is 1.91 bits per heavy atom. The molecule has 0 bridgehead atoms. The van der Waals surface area contributed by atoms with E-state index in [0.717, 1.165) is 16.3 Å². The standard InChI is InChI=1S/C21H19F3N6O4/c22-21(23,24)20(32)14(8-33-11-3-1-10-2-4-15(25)29-13(10)7-11)34-19(16(20)31)30-6-5-12-17(26)27-9-28-18(12)30/h1-7,9,14,16,19,31-32H,8H2,(H2,25,29)(H2,26,27,28)/t14-,16+,19-,20-/m1/s1. The predicted molar refractivity (Wildman–Crippen MR) is 115 cm³/mol. The summed E-state index contributed by atoms with van der Waals surface area (Å²) in [7, 11) is 0. The molecular weight excluding hydrogens is 457 g/mol. The van der Waals surface area contributed by atoms with E-state index in [1.165, 1.54) is 24.4 Å². The normalized spacial score (nSPS) is 25.3. The first kappa shape index (κ1) is 22.1. The average Bonchev–Trinajstić information content (AvgIpc) is 3.32. The minimum atomic E-state index is -5.23. The van der Waals surface area contributed by atoms with Gasteiger partial charge < -0.3 is 35.7 Å². The van der Waals surface area contributed by atoms with Crippen molar-refractivity contribution in [2.75, 3.05) is 18.1 Å². The number of nitrogens with two attached hydrogens (primary N) is 2. The quantitative estimate of drug-likeness (QED) is 0.345. The number of pyridine rings is 1. The van der Waals surface area contributed by atoms with Crippen LogP contribution in [0.4, 0.5) is 24.8 Å². The van der Waals surface area contributed by atoms with E-state index in [1.54, 1.807) is 18.2 Å². The van der Waals surface area contributed by atoms with E-state index in [9.17, 15) is 23.4 Å². The summed E-state index contributed by atoms with van der Waals surface area (Å²) in [4.78, 5) is 12.0. The van der Waals surface area contributed by atoms with Crippen molar-refractivity contribution < 1.29 is 32.9 Å². The largest absolute Gasteiger partial charge is 0.491 e. The van der Waals surface area contributed by atoms with Crippen molar-refractivity contribution in [1.82, 2.24) is 19.5 Å². The number of hydrogen-bond acceptors (Lipinski definition) is 9. The first-order valence-electron chi connectivity index (χ1n) is 10.1. The highest BCUT2D eigenvalue weighted by atomic mass is 19.4. The number of anilines is 2. The van der Waals surface area contributed by atoms with Crippen molar-refractivity contribution in [2.24, 2.45) is 0 Å². The zero-order valence-corrected chi connectivity index (χ0v) is 17.3. The van der Waals surface area contributed by atoms with Crippen LogP contribution in [0, 0.1) is 0 Å². The third kappa shape index (κ3) is 3.36. The highest BCUT2D eigenvalue weighted by Crippen LogP contribution is 2.47. The molecule has 6 N–H and O–H groups in total. The van der Waals surface area contributed by atoms with Crippen LogP contribution in [-0.2, 0) is 4.74 Å². The highest BCUT2D eigenvalue weighted by molar-refractivity contribution is 5.86. The number of benzene rings is 1. The number of fused-ring (bicyclic) bond motifs is 2. The lowest BCUT2D eigenvalue weighted by atomic mass is 9.91. The summed E-state index contributed by atoms with van der Waals surface area (Å²) in [5.41, 5.74) is 8.46. The minimum absolute atomic E-state index is 0.104. The van der Waals surface area contributed by atoms with Crippen LogP contribution in [-0.4, -0.2) is 60.3 Å². The maximum Gasteiger partial charge on any atom is 0.422 e. The van der Waals surface area contributed by atoms with Crippen LogP contribution in [0.15, 0.2) is 48.9 Å². The fraction of sp³-hybridized carbons (Fsp3) is 0.286. The molecule has 0 spiro atoms. The number of aromatic nitrogens is 4. The third-order valence-corrected chi connectivity index (χ3v) is 5.87. The number of hydrogen-bond donors (Lipinski definition) is 4. The van der Waals surface area contributed by atoms with Crippen LogP contribution < -0.4 is 16.2 Å². The second-order valence-electron chi connectivity index (χ2n) is 7.90. The molecular formula is C21H19F3N6O4. The molecule has 0 saturated carbocycles. The third-order valence-electron chi connectivity index (χ3n) is 5.87. The molecule has 1 aliphatic heterocycles. The first-order valence-corrected chi connectivity index (χ1v) is 10.1. The maximum atomic E-state index is 14.0. The van der Waals surface area contributed by atoms with Crippen molar-refractivity contribution in [3.8, 4) is 5.75 Å². The lowest BCUT2D eigenvalue weighted by Crippen LogP contribution is -2.60. The van der Waals surface area contributed by atoms with Crippen LogP contribution in [0.3, 0.4) is 0 Å². The molecule has 13 heteroatoms. The number of aliphatic hydroxyl groups is 2. The molecule has 4 aromatic rings. The molecule has 0 unspecified atom stereocenters. The number of rotatable bonds is 4. The summed E-state index contributed by atoms with van der Waals surface area (Å²) in [5, 5.41) is 22.4. The van der Waals surface area contributed by atoms with Crippen LogP contribution in [0.5, 0.6) is 5.75 Å². The van der Waals surface area contributed by atoms with Gasteiger partial charge >= 0.3 is 6.18 Å². The van der Waals surface area contributed by atoms with E-state index >= 15 is 0 Å². The molecule has 1 fully saturated rings. The van der Waals surface area contributed by atoms with E-state index in [-0.39, 0.29) is 23.0 Å². The van der Waals surface area contributed by atoms with Gasteiger partial charge in [0, 0.05) is 17.6 Å². The van der Waals surface area contributed by atoms with Gasteiger partial charge in [0.15, 0.2) is 6.23 Å². The highest BCUT2D eigenvalue weighted by Gasteiger charge is 2.70. The van der Waals surface area contributed by atoms with Crippen molar-refractivity contribution in [1.29, 1.82) is 0 Å². The Labute approximate surface area is 189 Å². The summed E-state index contributed by atoms with van der Waals surface area (Å²) in [6, 6.07) is 9.53. The van der Waals surface area contributed by atoms with Gasteiger partial charge in [0.1, 0.15) is 48.2 Å². The van der Waals surface area contributed by atoms with Gasteiger partial charge in [-0.2, -0.15) is 13.2 Å². The Morgan fingerprint density at radius 1 is 1.15 bits per heavy atom. The Morgan fingerprint density at radius 3 is 2.68 bits per heavy atom. The molecule has 10 nitrogen and oxygen atoms in total. The monoisotopic (exact) mass is 476 g/mol. The van der Waals surface area contributed by atoms with Gasteiger partial charge in [-0.05, 0) is 30.3 Å². The number of halogens is 3. The van der Waals surface area contributed by atoms with Gasteiger partial charge in [0.2, 0.25) is 5.60 Å². The molecule has 0 amide bonds. The predicted octanol–water partition coefficient (Wildman–Crippen LogP) is 1.77. The molecule has 1 saturated heterocycles. The van der Waals surface area contributed by atoms with E-state index < -0.39 is 36.8 Å². The van der Waals surface area contributed by atoms with Gasteiger partial charge in [-0.25, -0.2) is 15.0 Å². The number of nitrogens with zero attached hydrogens (tertiary/aromatic N) is 4. The Bertz CT molecular complexity index is 1380. The Hall–Kier alpha value is -3.68. The summed E-state index contributed by atoms with van der Waals surface area (Å²) in [6.45, 7) is -0.715. The Kier molecular flexibility index (Phi) is 5.00. The zero-order valence-electron chi connectivity index (χ0n) is 17.3. The lowest BCUT2D eigenvalue weighted by Gasteiger charge is -2.32. The van der Waals surface area contributed by atoms with Crippen molar-refractivity contribution in [3.63, 3.8) is 0 Å². The fourth-order valence-electron chi connectivity index (χ4n) is 4.06. The molecule has 34 heavy (non-hydrogen) atoms. The average molecular weight is 476 g/mol. The second kappa shape index (κ2) is 7.68. The summed E-state index contributed by atoms with van der Waals surface area (Å²) in [6.07, 6.45) is -8.72. The Balaban J connectivity index is 1.46. The molecule has 4 heterocycles. The summed E-state index contributed by atoms with van der Waals surface area (Å²) in [5.74, 6) is 0.556. The van der Waals surface area contributed by atoms with Crippen molar-refractivity contribution in [3.05, 3.63) is 48.9 Å². The van der Waals surface area contributed by atoms with Crippen LogP contribution in [0.25, 0.3) is 21.9 Å². The van der Waals surface area contributed by atoms with Gasteiger partial charge in [-0.1, -0.05) is 0 Å². The topological polar surface area (TPSA) is 155 Å². The molecule has 1 aromatic carbocycles. The van der Waals surface area contributed by atoms with E-state index in [0.29, 0.717) is 10.9 Å². The van der Waals surface area contributed by atoms with Gasteiger partial charge in [0.25, 0.3) is 0 Å². The number of aliphatic hydroxyl groups excluding tert-OH is 1. The molecule has 0 aliphatic carbocycles. The number of ether oxygens (including phenoxy) is 2. The lowest BCUT2D eigenvalue weighted by molar-refractivity contribution is -0.295. The van der Waals surface area contributed by atoms with Crippen LogP contribution in [0.2, 0.25) is 0 Å². The number of nitrogen functional groups attached to an aromatic ring is 2. The van der Waals surface area contributed by atoms with Gasteiger partial charge in [-0.15, -0.1) is 0 Å². The zero-order chi connectivity index (χ0) is 24.3. The molecule has 3 aromatic heterocycles. The molecule has 178 valence electrons. The minimum Gasteiger partial charge on any atom is -0.491 e. The number of alkyl halides is 3. The maximum absolute atomic E-state index is 14.0. The van der Waals surface area contributed by atoms with E-state index in [2.05, 4.69) is 15.0 Å². The van der Waals surface area contributed by atoms with Crippen molar-refractivity contribution >= 4 is 33.6 Å². The molecule has 1 aliphatic rings. The smallest absolute Gasteiger partial charge is 0.422 e. The van der Waals surface area contributed by atoms with Crippen LogP contribution >= 0.6 is 0 Å². The second-order valence-corrected chi connectivity index (χ2v) is 7.90. The molecule has 4 atom stereocenters. The molecule has 5 rings (SSSR count). The van der Waals surface area contributed by atoms with Crippen LogP contribution in [0.1, 0.15) is 6.23 Å². The fourth-order valence-corrected chi connectivity index (χ4v) is 4.06. The SMILES string of the molecule is Nc1ccc2ccc(OC[C@H]3O[C@@H](n4ccc5c(N)ncnc54)[C@H](O)[C@@]3(O)C(F)(F)F)cc2n1. The molecule has 0 radical (unpaired) electrons.